The van der Waals surface area contributed by atoms with Gasteiger partial charge in [-0.2, -0.15) is 0 Å². The van der Waals surface area contributed by atoms with Gasteiger partial charge < -0.3 is 10.6 Å². The van der Waals surface area contributed by atoms with Gasteiger partial charge in [-0.15, -0.1) is 0 Å². The Bertz CT molecular complexity index is 667. The molecule has 2 aromatic rings. The van der Waals surface area contributed by atoms with Gasteiger partial charge in [0, 0.05) is 18.5 Å². The zero-order valence-electron chi connectivity index (χ0n) is 13.2. The van der Waals surface area contributed by atoms with E-state index in [1.165, 1.54) is 6.07 Å². The normalized spacial score (nSPS) is 14.6. The van der Waals surface area contributed by atoms with Crippen LogP contribution in [0.1, 0.15) is 49.7 Å². The van der Waals surface area contributed by atoms with E-state index in [0.29, 0.717) is 11.6 Å². The van der Waals surface area contributed by atoms with Gasteiger partial charge in [0.2, 0.25) is 0 Å². The molecule has 0 fully saturated rings. The molecule has 5 heteroatoms. The van der Waals surface area contributed by atoms with Crippen LogP contribution in [-0.2, 0) is 6.42 Å². The zero-order chi connectivity index (χ0) is 15.7. The van der Waals surface area contributed by atoms with Crippen molar-refractivity contribution in [3.8, 4) is 0 Å². The van der Waals surface area contributed by atoms with Crippen LogP contribution in [-0.4, -0.2) is 16.5 Å². The summed E-state index contributed by atoms with van der Waals surface area (Å²) in [7, 11) is 0. The van der Waals surface area contributed by atoms with E-state index in [0.717, 1.165) is 35.6 Å². The van der Waals surface area contributed by atoms with Crippen LogP contribution < -0.4 is 10.6 Å². The van der Waals surface area contributed by atoms with Crippen molar-refractivity contribution in [2.45, 2.75) is 39.2 Å². The molecule has 3 rings (SSSR count). The Kier molecular flexibility index (Phi) is 3.96. The SMILES string of the molecule is CC(C)c1ncc(NC(C)c2ccc(F)c3c2CCN3)cn1. The molecule has 1 unspecified atom stereocenters. The van der Waals surface area contributed by atoms with E-state index in [1.807, 2.05) is 6.07 Å². The standard InChI is InChI=1S/C17H21FN4/c1-10(2)17-20-8-12(9-21-17)22-11(3)13-4-5-15(18)16-14(13)6-7-19-16/h4-5,8-11,19,22H,6-7H2,1-3H3. The second kappa shape index (κ2) is 5.91. The highest BCUT2D eigenvalue weighted by molar-refractivity contribution is 5.61. The molecular formula is C17H21FN4. The van der Waals surface area contributed by atoms with Gasteiger partial charge in [0.15, 0.2) is 0 Å². The van der Waals surface area contributed by atoms with Gasteiger partial charge in [-0.25, -0.2) is 14.4 Å². The maximum absolute atomic E-state index is 13.8. The number of hydrogen-bond acceptors (Lipinski definition) is 4. The molecule has 0 radical (unpaired) electrons. The maximum atomic E-state index is 13.8. The number of nitrogens with one attached hydrogen (secondary N) is 2. The fourth-order valence-electron chi connectivity index (χ4n) is 2.85. The summed E-state index contributed by atoms with van der Waals surface area (Å²) < 4.78 is 13.8. The number of anilines is 2. The maximum Gasteiger partial charge on any atom is 0.146 e. The smallest absolute Gasteiger partial charge is 0.146 e. The fourth-order valence-corrected chi connectivity index (χ4v) is 2.85. The van der Waals surface area contributed by atoms with Crippen molar-refractivity contribution in [2.75, 3.05) is 17.2 Å². The predicted octanol–water partition coefficient (Wildman–Crippen LogP) is 3.88. The summed E-state index contributed by atoms with van der Waals surface area (Å²) in [6.07, 6.45) is 4.47. The van der Waals surface area contributed by atoms with E-state index in [-0.39, 0.29) is 11.9 Å². The topological polar surface area (TPSA) is 49.8 Å². The van der Waals surface area contributed by atoms with E-state index in [4.69, 9.17) is 0 Å². The molecule has 22 heavy (non-hydrogen) atoms. The van der Waals surface area contributed by atoms with E-state index in [2.05, 4.69) is 41.4 Å². The van der Waals surface area contributed by atoms with Gasteiger partial charge in [-0.05, 0) is 30.5 Å². The minimum Gasteiger partial charge on any atom is -0.382 e. The first kappa shape index (κ1) is 14.8. The average Bonchev–Trinajstić information content (AvgIpc) is 2.98. The second-order valence-electron chi connectivity index (χ2n) is 6.02. The Labute approximate surface area is 130 Å². The number of benzene rings is 1. The summed E-state index contributed by atoms with van der Waals surface area (Å²) in [5.41, 5.74) is 3.72. The summed E-state index contributed by atoms with van der Waals surface area (Å²) in [5, 5.41) is 6.52. The largest absolute Gasteiger partial charge is 0.382 e. The molecule has 0 saturated carbocycles. The van der Waals surface area contributed by atoms with E-state index < -0.39 is 0 Å². The molecule has 0 bridgehead atoms. The first-order chi connectivity index (χ1) is 10.6. The van der Waals surface area contributed by atoms with Gasteiger partial charge in [0.25, 0.3) is 0 Å². The summed E-state index contributed by atoms with van der Waals surface area (Å²) in [5.74, 6) is 0.982. The van der Waals surface area contributed by atoms with Crippen molar-refractivity contribution in [3.63, 3.8) is 0 Å². The first-order valence-corrected chi connectivity index (χ1v) is 7.70. The van der Waals surface area contributed by atoms with Gasteiger partial charge in [-0.3, -0.25) is 0 Å². The molecular weight excluding hydrogens is 279 g/mol. The Hall–Kier alpha value is -2.17. The zero-order valence-corrected chi connectivity index (χ0v) is 13.2. The predicted molar refractivity (Wildman–Crippen MR) is 86.8 cm³/mol. The van der Waals surface area contributed by atoms with Crippen molar-refractivity contribution in [1.29, 1.82) is 0 Å². The van der Waals surface area contributed by atoms with Gasteiger partial charge >= 0.3 is 0 Å². The molecule has 1 aliphatic rings. The Morgan fingerprint density at radius 1 is 1.18 bits per heavy atom. The van der Waals surface area contributed by atoms with Crippen LogP contribution in [0.15, 0.2) is 24.5 Å². The third-order valence-corrected chi connectivity index (χ3v) is 4.01. The molecule has 0 aliphatic carbocycles. The summed E-state index contributed by atoms with van der Waals surface area (Å²) in [6, 6.07) is 3.47. The van der Waals surface area contributed by atoms with Crippen molar-refractivity contribution < 1.29 is 4.39 Å². The van der Waals surface area contributed by atoms with Crippen LogP contribution in [0.25, 0.3) is 0 Å². The molecule has 116 valence electrons. The average molecular weight is 300 g/mol. The third kappa shape index (κ3) is 2.75. The highest BCUT2D eigenvalue weighted by Crippen LogP contribution is 2.33. The number of nitrogens with zero attached hydrogens (tertiary/aromatic N) is 2. The van der Waals surface area contributed by atoms with Crippen LogP contribution in [0.5, 0.6) is 0 Å². The molecule has 2 heterocycles. The number of hydrogen-bond donors (Lipinski definition) is 2. The summed E-state index contributed by atoms with van der Waals surface area (Å²) in [4.78, 5) is 8.73. The Morgan fingerprint density at radius 2 is 1.91 bits per heavy atom. The van der Waals surface area contributed by atoms with Crippen molar-refractivity contribution in [3.05, 3.63) is 47.3 Å². The number of halogens is 1. The molecule has 2 N–H and O–H groups in total. The van der Waals surface area contributed by atoms with Crippen molar-refractivity contribution in [2.24, 2.45) is 0 Å². The lowest BCUT2D eigenvalue weighted by atomic mass is 9.99. The molecule has 1 aromatic carbocycles. The monoisotopic (exact) mass is 300 g/mol. The van der Waals surface area contributed by atoms with Gasteiger partial charge in [0.05, 0.1) is 23.8 Å². The highest BCUT2D eigenvalue weighted by atomic mass is 19.1. The second-order valence-corrected chi connectivity index (χ2v) is 6.02. The van der Waals surface area contributed by atoms with Crippen molar-refractivity contribution >= 4 is 11.4 Å². The van der Waals surface area contributed by atoms with Crippen LogP contribution in [0.3, 0.4) is 0 Å². The van der Waals surface area contributed by atoms with Crippen LogP contribution in [0.4, 0.5) is 15.8 Å². The minimum atomic E-state index is -0.173. The van der Waals surface area contributed by atoms with Gasteiger partial charge in [-0.1, -0.05) is 19.9 Å². The molecule has 1 atom stereocenters. The highest BCUT2D eigenvalue weighted by Gasteiger charge is 2.21. The quantitative estimate of drug-likeness (QED) is 0.899. The summed E-state index contributed by atoms with van der Waals surface area (Å²) in [6.45, 7) is 7.00. The number of aromatic nitrogens is 2. The lowest BCUT2D eigenvalue weighted by Gasteiger charge is -2.19. The van der Waals surface area contributed by atoms with Crippen LogP contribution >= 0.6 is 0 Å². The summed E-state index contributed by atoms with van der Waals surface area (Å²) >= 11 is 0. The van der Waals surface area contributed by atoms with E-state index in [1.54, 1.807) is 12.4 Å². The Morgan fingerprint density at radius 3 is 2.59 bits per heavy atom. The van der Waals surface area contributed by atoms with E-state index >= 15 is 0 Å². The van der Waals surface area contributed by atoms with E-state index in [9.17, 15) is 4.39 Å². The van der Waals surface area contributed by atoms with Crippen LogP contribution in [0.2, 0.25) is 0 Å². The Balaban J connectivity index is 1.80. The molecule has 0 spiro atoms. The number of rotatable bonds is 4. The molecule has 4 nitrogen and oxygen atoms in total. The lowest BCUT2D eigenvalue weighted by molar-refractivity contribution is 0.630. The first-order valence-electron chi connectivity index (χ1n) is 7.70. The third-order valence-electron chi connectivity index (χ3n) is 4.01. The molecule has 1 aliphatic heterocycles. The van der Waals surface area contributed by atoms with Gasteiger partial charge in [0.1, 0.15) is 11.6 Å². The lowest BCUT2D eigenvalue weighted by Crippen LogP contribution is -2.10. The van der Waals surface area contributed by atoms with Crippen molar-refractivity contribution in [1.82, 2.24) is 9.97 Å². The minimum absolute atomic E-state index is 0.0720. The van der Waals surface area contributed by atoms with Crippen LogP contribution in [0, 0.1) is 5.82 Å². The fraction of sp³-hybridized carbons (Fsp3) is 0.412. The molecule has 0 amide bonds. The number of fused-ring (bicyclic) bond motifs is 1. The molecule has 0 saturated heterocycles. The molecule has 1 aromatic heterocycles.